The molecule has 4 nitrogen and oxygen atoms in total. The predicted octanol–water partition coefficient (Wildman–Crippen LogP) is -0.0531. The Morgan fingerprint density at radius 3 is 2.00 bits per heavy atom. The van der Waals surface area contributed by atoms with Crippen LogP contribution in [-0.4, -0.2) is 37.5 Å². The molecule has 0 aliphatic carbocycles. The summed E-state index contributed by atoms with van der Waals surface area (Å²) in [4.78, 5) is 11.0. The van der Waals surface area contributed by atoms with Gasteiger partial charge in [0.05, 0.1) is 0 Å². The highest BCUT2D eigenvalue weighted by Crippen LogP contribution is 2.16. The molecule has 0 aromatic carbocycles. The highest BCUT2D eigenvalue weighted by atomic mass is 16.7. The van der Waals surface area contributed by atoms with Gasteiger partial charge in [0.2, 0.25) is 5.79 Å². The van der Waals surface area contributed by atoms with E-state index in [4.69, 9.17) is 14.6 Å². The highest BCUT2D eigenvalue weighted by molar-refractivity contribution is 5.83. The van der Waals surface area contributed by atoms with E-state index in [0.29, 0.717) is 0 Å². The van der Waals surface area contributed by atoms with Gasteiger partial charge in [0.1, 0.15) is 0 Å². The Bertz CT molecular complexity index is 128. The monoisotopic (exact) mass is 162 g/mol. The van der Waals surface area contributed by atoms with Gasteiger partial charge in [-0.3, -0.25) is 4.79 Å². The molecule has 1 N–H and O–H groups in total. The topological polar surface area (TPSA) is 55.8 Å². The molecule has 0 radical (unpaired) electrons. The maximum atomic E-state index is 11.0. The van der Waals surface area contributed by atoms with Crippen LogP contribution in [0.3, 0.4) is 0 Å². The second-order valence-electron chi connectivity index (χ2n) is 2.19. The smallest absolute Gasteiger partial charge is 0.230 e. The third-order valence-electron chi connectivity index (χ3n) is 1.64. The zero-order valence-corrected chi connectivity index (χ0v) is 7.09. The van der Waals surface area contributed by atoms with Gasteiger partial charge in [-0.2, -0.15) is 0 Å². The van der Waals surface area contributed by atoms with Crippen molar-refractivity contribution in [1.29, 1.82) is 0 Å². The summed E-state index contributed by atoms with van der Waals surface area (Å²) >= 11 is 0. The lowest BCUT2D eigenvalue weighted by Gasteiger charge is -2.26. The number of aliphatic hydroxyl groups is 1. The largest absolute Gasteiger partial charge is 0.396 e. The SMILES string of the molecule is COC(CCO)(OC)C(C)=O. The lowest BCUT2D eigenvalue weighted by Crippen LogP contribution is -2.42. The molecular weight excluding hydrogens is 148 g/mol. The molecule has 0 saturated carbocycles. The van der Waals surface area contributed by atoms with Gasteiger partial charge in [-0.15, -0.1) is 0 Å². The Hall–Kier alpha value is -0.450. The normalized spacial score (nSPS) is 11.6. The molecule has 0 spiro atoms. The maximum absolute atomic E-state index is 11.0. The van der Waals surface area contributed by atoms with Crippen LogP contribution in [0, 0.1) is 0 Å². The predicted molar refractivity (Wildman–Crippen MR) is 39.1 cm³/mol. The van der Waals surface area contributed by atoms with Gasteiger partial charge in [-0.05, 0) is 0 Å². The van der Waals surface area contributed by atoms with E-state index in [0.717, 1.165) is 0 Å². The fourth-order valence-corrected chi connectivity index (χ4v) is 0.898. The molecule has 4 heteroatoms. The number of ketones is 1. The van der Waals surface area contributed by atoms with Crippen LogP contribution in [0.5, 0.6) is 0 Å². The summed E-state index contributed by atoms with van der Waals surface area (Å²) in [5.74, 6) is -1.49. The minimum Gasteiger partial charge on any atom is -0.396 e. The Labute approximate surface area is 66.1 Å². The molecule has 0 aliphatic rings. The number of hydrogen-bond donors (Lipinski definition) is 1. The summed E-state index contributed by atoms with van der Waals surface area (Å²) in [6, 6.07) is 0. The van der Waals surface area contributed by atoms with E-state index in [1.807, 2.05) is 0 Å². The molecule has 0 aliphatic heterocycles. The fraction of sp³-hybridized carbons (Fsp3) is 0.857. The van der Waals surface area contributed by atoms with Gasteiger partial charge in [-0.1, -0.05) is 0 Å². The Kier molecular flexibility index (Phi) is 4.25. The summed E-state index contributed by atoms with van der Waals surface area (Å²) in [5, 5.41) is 8.60. The summed E-state index contributed by atoms with van der Waals surface area (Å²) in [5.41, 5.74) is 0. The van der Waals surface area contributed by atoms with E-state index in [1.165, 1.54) is 21.1 Å². The molecule has 0 unspecified atom stereocenters. The van der Waals surface area contributed by atoms with E-state index in [-0.39, 0.29) is 18.8 Å². The van der Waals surface area contributed by atoms with Crippen molar-refractivity contribution in [2.45, 2.75) is 19.1 Å². The fourth-order valence-electron chi connectivity index (χ4n) is 0.898. The molecule has 0 bridgehead atoms. The number of Topliss-reactive ketones (excluding diaryl/α,β-unsaturated/α-hetero) is 1. The Morgan fingerprint density at radius 2 is 1.91 bits per heavy atom. The number of carbonyl (C=O) groups excluding carboxylic acids is 1. The first-order chi connectivity index (χ1) is 5.13. The minimum absolute atomic E-state index is 0.138. The molecule has 0 aromatic heterocycles. The average Bonchev–Trinajstić information content (AvgIpc) is 2.00. The van der Waals surface area contributed by atoms with Crippen molar-refractivity contribution in [3.63, 3.8) is 0 Å². The van der Waals surface area contributed by atoms with Crippen LogP contribution in [0.25, 0.3) is 0 Å². The summed E-state index contributed by atoms with van der Waals surface area (Å²) in [6.07, 6.45) is 0.162. The summed E-state index contributed by atoms with van der Waals surface area (Å²) in [6.45, 7) is 1.23. The molecule has 0 atom stereocenters. The molecule has 0 saturated heterocycles. The average molecular weight is 162 g/mol. The third kappa shape index (κ3) is 2.25. The van der Waals surface area contributed by atoms with Crippen LogP contribution in [0.4, 0.5) is 0 Å². The van der Waals surface area contributed by atoms with Crippen molar-refractivity contribution in [2.75, 3.05) is 20.8 Å². The Morgan fingerprint density at radius 1 is 1.45 bits per heavy atom. The van der Waals surface area contributed by atoms with Crippen molar-refractivity contribution < 1.29 is 19.4 Å². The maximum Gasteiger partial charge on any atom is 0.230 e. The van der Waals surface area contributed by atoms with Crippen LogP contribution in [0.15, 0.2) is 0 Å². The number of hydrogen-bond acceptors (Lipinski definition) is 4. The Balaban J connectivity index is 4.32. The highest BCUT2D eigenvalue weighted by Gasteiger charge is 2.34. The second-order valence-corrected chi connectivity index (χ2v) is 2.19. The molecule has 0 amide bonds. The number of ether oxygens (including phenoxy) is 2. The van der Waals surface area contributed by atoms with Gasteiger partial charge in [-0.25, -0.2) is 0 Å². The van der Waals surface area contributed by atoms with Crippen LogP contribution in [0.1, 0.15) is 13.3 Å². The van der Waals surface area contributed by atoms with Crippen LogP contribution in [-0.2, 0) is 14.3 Å². The minimum atomic E-state index is -1.26. The van der Waals surface area contributed by atoms with Gasteiger partial charge in [0.25, 0.3) is 0 Å². The van der Waals surface area contributed by atoms with Crippen molar-refractivity contribution in [3.8, 4) is 0 Å². The standard InChI is InChI=1S/C7H14O4/c1-6(9)7(10-2,11-3)4-5-8/h8H,4-5H2,1-3H3. The third-order valence-corrected chi connectivity index (χ3v) is 1.64. The lowest BCUT2D eigenvalue weighted by molar-refractivity contribution is -0.210. The quantitative estimate of drug-likeness (QED) is 0.576. The first kappa shape index (κ1) is 10.6. The molecule has 0 aromatic rings. The molecular formula is C7H14O4. The van der Waals surface area contributed by atoms with E-state index >= 15 is 0 Å². The number of rotatable bonds is 5. The van der Waals surface area contributed by atoms with Crippen LogP contribution in [0.2, 0.25) is 0 Å². The molecule has 66 valence electrons. The first-order valence-electron chi connectivity index (χ1n) is 3.35. The van der Waals surface area contributed by atoms with E-state index in [2.05, 4.69) is 0 Å². The van der Waals surface area contributed by atoms with Crippen molar-refractivity contribution in [2.24, 2.45) is 0 Å². The second kappa shape index (κ2) is 4.43. The van der Waals surface area contributed by atoms with Crippen LogP contribution >= 0.6 is 0 Å². The van der Waals surface area contributed by atoms with Crippen molar-refractivity contribution in [1.82, 2.24) is 0 Å². The molecule has 0 heterocycles. The number of carbonyl (C=O) groups is 1. The summed E-state index contributed by atoms with van der Waals surface area (Å²) in [7, 11) is 2.75. The van der Waals surface area contributed by atoms with Gasteiger partial charge in [0.15, 0.2) is 5.78 Å². The summed E-state index contributed by atoms with van der Waals surface area (Å²) < 4.78 is 9.71. The van der Waals surface area contributed by atoms with Crippen LogP contribution < -0.4 is 0 Å². The lowest BCUT2D eigenvalue weighted by atomic mass is 10.1. The molecule has 11 heavy (non-hydrogen) atoms. The van der Waals surface area contributed by atoms with E-state index < -0.39 is 5.79 Å². The number of methoxy groups -OCH3 is 2. The van der Waals surface area contributed by atoms with Gasteiger partial charge >= 0.3 is 0 Å². The van der Waals surface area contributed by atoms with Gasteiger partial charge < -0.3 is 14.6 Å². The zero-order chi connectivity index (χ0) is 8.91. The van der Waals surface area contributed by atoms with Crippen molar-refractivity contribution in [3.05, 3.63) is 0 Å². The van der Waals surface area contributed by atoms with Gasteiger partial charge in [0, 0.05) is 34.2 Å². The van der Waals surface area contributed by atoms with E-state index in [9.17, 15) is 4.79 Å². The zero-order valence-electron chi connectivity index (χ0n) is 7.09. The first-order valence-corrected chi connectivity index (χ1v) is 3.35. The molecule has 0 rings (SSSR count). The number of aliphatic hydroxyl groups excluding tert-OH is 1. The van der Waals surface area contributed by atoms with E-state index in [1.54, 1.807) is 0 Å². The molecule has 0 fully saturated rings. The van der Waals surface area contributed by atoms with Crippen molar-refractivity contribution >= 4 is 5.78 Å².